The molecule has 0 saturated carbocycles. The Kier molecular flexibility index (Phi) is 3.66. The summed E-state index contributed by atoms with van der Waals surface area (Å²) in [6.45, 7) is 0. The lowest BCUT2D eigenvalue weighted by Gasteiger charge is -2.06. The van der Waals surface area contributed by atoms with Crippen LogP contribution in [0.5, 0.6) is 0 Å². The Morgan fingerprint density at radius 3 is 2.60 bits per heavy atom. The third-order valence-corrected chi connectivity index (χ3v) is 2.66. The van der Waals surface area contributed by atoms with Crippen LogP contribution in [0.15, 0.2) is 28.9 Å². The van der Waals surface area contributed by atoms with E-state index >= 15 is 0 Å². The molecule has 0 fully saturated rings. The number of amides is 1. The Morgan fingerprint density at radius 1 is 1.35 bits per heavy atom. The number of hydrogen-bond donors (Lipinski definition) is 1. The number of nitro groups is 1. The van der Waals surface area contributed by atoms with Gasteiger partial charge in [0.15, 0.2) is 17.3 Å². The normalized spacial score (nSPS) is 10.3. The molecule has 0 saturated heterocycles. The minimum Gasteiger partial charge on any atom is -0.452 e. The van der Waals surface area contributed by atoms with Gasteiger partial charge in [0.25, 0.3) is 11.6 Å². The first-order valence-electron chi connectivity index (χ1n) is 5.08. The van der Waals surface area contributed by atoms with Crippen molar-refractivity contribution in [2.24, 2.45) is 0 Å². The molecule has 0 unspecified atom stereocenters. The lowest BCUT2D eigenvalue weighted by molar-refractivity contribution is -0.384. The van der Waals surface area contributed by atoms with Gasteiger partial charge in [-0.25, -0.2) is 8.78 Å². The number of hydrogen-bond acceptors (Lipinski definition) is 4. The van der Waals surface area contributed by atoms with Gasteiger partial charge in [-0.3, -0.25) is 14.9 Å². The molecule has 2 rings (SSSR count). The van der Waals surface area contributed by atoms with Gasteiger partial charge in [-0.1, -0.05) is 0 Å². The molecule has 0 aliphatic heterocycles. The van der Waals surface area contributed by atoms with Crippen molar-refractivity contribution in [1.82, 2.24) is 0 Å². The number of furan rings is 1. The van der Waals surface area contributed by atoms with E-state index in [4.69, 9.17) is 11.6 Å². The Labute approximate surface area is 115 Å². The first kappa shape index (κ1) is 13.9. The number of nitrogens with zero attached hydrogens (tertiary/aromatic N) is 1. The van der Waals surface area contributed by atoms with Crippen LogP contribution in [0.25, 0.3) is 0 Å². The van der Waals surface area contributed by atoms with Crippen LogP contribution in [0.2, 0.25) is 5.22 Å². The summed E-state index contributed by atoms with van der Waals surface area (Å²) in [5.41, 5.74) is -1.82. The summed E-state index contributed by atoms with van der Waals surface area (Å²) in [6, 6.07) is 2.51. The SMILES string of the molecule is O=C(Nc1c([N+](=O)[O-])ccc(F)c1F)c1ccoc1Cl. The summed E-state index contributed by atoms with van der Waals surface area (Å²) in [4.78, 5) is 21.6. The van der Waals surface area contributed by atoms with Gasteiger partial charge in [-0.05, 0) is 23.7 Å². The molecular weight excluding hydrogens is 298 g/mol. The average Bonchev–Trinajstić information content (AvgIpc) is 2.81. The highest BCUT2D eigenvalue weighted by molar-refractivity contribution is 6.32. The quantitative estimate of drug-likeness (QED) is 0.695. The van der Waals surface area contributed by atoms with Crippen LogP contribution in [0.3, 0.4) is 0 Å². The molecule has 104 valence electrons. The fourth-order valence-corrected chi connectivity index (χ4v) is 1.65. The predicted octanol–water partition coefficient (Wildman–Crippen LogP) is 3.37. The fraction of sp³-hybridized carbons (Fsp3) is 0. The van der Waals surface area contributed by atoms with Gasteiger partial charge in [0.1, 0.15) is 0 Å². The minimum absolute atomic E-state index is 0.162. The van der Waals surface area contributed by atoms with Crippen molar-refractivity contribution in [1.29, 1.82) is 0 Å². The van der Waals surface area contributed by atoms with Crippen LogP contribution in [0.1, 0.15) is 10.4 Å². The van der Waals surface area contributed by atoms with E-state index in [9.17, 15) is 23.7 Å². The molecule has 0 bridgehead atoms. The highest BCUT2D eigenvalue weighted by atomic mass is 35.5. The summed E-state index contributed by atoms with van der Waals surface area (Å²) in [5.74, 6) is -3.83. The molecule has 0 aliphatic rings. The van der Waals surface area contributed by atoms with Crippen molar-refractivity contribution in [3.05, 3.63) is 57.0 Å². The summed E-state index contributed by atoms with van der Waals surface area (Å²) in [5, 5.41) is 12.4. The van der Waals surface area contributed by atoms with E-state index in [1.54, 1.807) is 0 Å². The summed E-state index contributed by atoms with van der Waals surface area (Å²) in [6.07, 6.45) is 1.10. The largest absolute Gasteiger partial charge is 0.452 e. The highest BCUT2D eigenvalue weighted by Crippen LogP contribution is 2.30. The number of nitrogens with one attached hydrogen (secondary N) is 1. The lowest BCUT2D eigenvalue weighted by atomic mass is 10.2. The van der Waals surface area contributed by atoms with E-state index in [1.807, 2.05) is 5.32 Å². The van der Waals surface area contributed by atoms with Gasteiger partial charge in [0.2, 0.25) is 5.22 Å². The topological polar surface area (TPSA) is 85.4 Å². The standard InChI is InChI=1S/C11H5ClF2N2O4/c12-10-5(3-4-20-10)11(17)15-9-7(16(18)19)2-1-6(13)8(9)14/h1-4H,(H,15,17). The van der Waals surface area contributed by atoms with E-state index in [1.165, 1.54) is 6.07 Å². The van der Waals surface area contributed by atoms with Crippen LogP contribution >= 0.6 is 11.6 Å². The number of carbonyl (C=O) groups is 1. The molecule has 0 atom stereocenters. The smallest absolute Gasteiger partial charge is 0.296 e. The first-order chi connectivity index (χ1) is 9.41. The Morgan fingerprint density at radius 2 is 2.05 bits per heavy atom. The number of carbonyl (C=O) groups excluding carboxylic acids is 1. The first-order valence-corrected chi connectivity index (χ1v) is 5.46. The molecule has 0 radical (unpaired) electrons. The second kappa shape index (κ2) is 5.25. The predicted molar refractivity (Wildman–Crippen MR) is 64.7 cm³/mol. The molecule has 1 heterocycles. The lowest BCUT2D eigenvalue weighted by Crippen LogP contribution is -2.14. The zero-order chi connectivity index (χ0) is 14.9. The Balaban J connectivity index is 2.43. The van der Waals surface area contributed by atoms with Crippen molar-refractivity contribution in [2.75, 3.05) is 5.32 Å². The van der Waals surface area contributed by atoms with Gasteiger partial charge >= 0.3 is 0 Å². The molecule has 0 aliphatic carbocycles. The van der Waals surface area contributed by atoms with E-state index in [2.05, 4.69) is 4.42 Å². The zero-order valence-electron chi connectivity index (χ0n) is 9.52. The van der Waals surface area contributed by atoms with Crippen LogP contribution in [0, 0.1) is 21.7 Å². The van der Waals surface area contributed by atoms with E-state index < -0.39 is 33.8 Å². The van der Waals surface area contributed by atoms with E-state index in [-0.39, 0.29) is 10.8 Å². The molecule has 6 nitrogen and oxygen atoms in total. The van der Waals surface area contributed by atoms with Crippen LogP contribution in [-0.2, 0) is 0 Å². The van der Waals surface area contributed by atoms with Crippen molar-refractivity contribution in [2.45, 2.75) is 0 Å². The van der Waals surface area contributed by atoms with Crippen molar-refractivity contribution >= 4 is 28.9 Å². The van der Waals surface area contributed by atoms with Gasteiger partial charge in [0, 0.05) is 6.07 Å². The van der Waals surface area contributed by atoms with Crippen LogP contribution in [-0.4, -0.2) is 10.8 Å². The van der Waals surface area contributed by atoms with Gasteiger partial charge in [-0.2, -0.15) is 0 Å². The number of halogens is 3. The van der Waals surface area contributed by atoms with E-state index in [0.29, 0.717) is 6.07 Å². The Bertz CT molecular complexity index is 702. The third-order valence-electron chi connectivity index (χ3n) is 2.37. The molecule has 1 aromatic heterocycles. The Hall–Kier alpha value is -2.48. The van der Waals surface area contributed by atoms with Crippen LogP contribution < -0.4 is 5.32 Å². The molecule has 20 heavy (non-hydrogen) atoms. The van der Waals surface area contributed by atoms with Gasteiger partial charge in [0.05, 0.1) is 16.7 Å². The second-order valence-corrected chi connectivity index (χ2v) is 3.92. The monoisotopic (exact) mass is 302 g/mol. The molecular formula is C11H5ClF2N2O4. The molecule has 2 aromatic rings. The third kappa shape index (κ3) is 2.45. The summed E-state index contributed by atoms with van der Waals surface area (Å²) < 4.78 is 31.3. The number of rotatable bonds is 3. The molecule has 1 amide bonds. The fourth-order valence-electron chi connectivity index (χ4n) is 1.45. The number of nitro benzene ring substituents is 1. The molecule has 1 N–H and O–H groups in total. The second-order valence-electron chi connectivity index (χ2n) is 3.57. The summed E-state index contributed by atoms with van der Waals surface area (Å²) >= 11 is 5.55. The molecule has 0 spiro atoms. The maximum Gasteiger partial charge on any atom is 0.296 e. The van der Waals surface area contributed by atoms with Crippen LogP contribution in [0.4, 0.5) is 20.2 Å². The van der Waals surface area contributed by atoms with Crippen molar-refractivity contribution in [3.8, 4) is 0 Å². The number of benzene rings is 1. The van der Waals surface area contributed by atoms with Gasteiger partial charge < -0.3 is 9.73 Å². The average molecular weight is 303 g/mol. The van der Waals surface area contributed by atoms with E-state index in [0.717, 1.165) is 12.3 Å². The highest BCUT2D eigenvalue weighted by Gasteiger charge is 2.25. The maximum absolute atomic E-state index is 13.6. The minimum atomic E-state index is -1.54. The number of anilines is 1. The van der Waals surface area contributed by atoms with Gasteiger partial charge in [-0.15, -0.1) is 0 Å². The maximum atomic E-state index is 13.6. The molecule has 1 aromatic carbocycles. The molecule has 9 heteroatoms. The zero-order valence-corrected chi connectivity index (χ0v) is 10.3. The summed E-state index contributed by atoms with van der Waals surface area (Å²) in [7, 11) is 0. The van der Waals surface area contributed by atoms with Crippen molar-refractivity contribution < 1.29 is 22.9 Å². The van der Waals surface area contributed by atoms with Crippen molar-refractivity contribution in [3.63, 3.8) is 0 Å².